The molecule has 1 aromatic carbocycles. The highest BCUT2D eigenvalue weighted by Crippen LogP contribution is 2.34. The predicted octanol–water partition coefficient (Wildman–Crippen LogP) is 3.23. The van der Waals surface area contributed by atoms with Crippen molar-refractivity contribution in [2.75, 3.05) is 13.6 Å². The second kappa shape index (κ2) is 6.59. The van der Waals surface area contributed by atoms with Gasteiger partial charge < -0.3 is 10.6 Å². The Hall–Kier alpha value is -1.06. The molecule has 1 saturated carbocycles. The van der Waals surface area contributed by atoms with Gasteiger partial charge in [0.1, 0.15) is 0 Å². The molecule has 0 aliphatic heterocycles. The van der Waals surface area contributed by atoms with E-state index in [1.54, 1.807) is 0 Å². The van der Waals surface area contributed by atoms with E-state index in [1.165, 1.54) is 0 Å². The topological polar surface area (TPSA) is 46.3 Å². The van der Waals surface area contributed by atoms with Gasteiger partial charge in [0.05, 0.1) is 6.04 Å². The summed E-state index contributed by atoms with van der Waals surface area (Å²) < 4.78 is 0. The number of halogens is 1. The number of nitrogens with two attached hydrogens (primary N) is 1. The van der Waals surface area contributed by atoms with Crippen molar-refractivity contribution in [2.24, 2.45) is 17.6 Å². The van der Waals surface area contributed by atoms with Crippen LogP contribution in [0, 0.1) is 11.8 Å². The van der Waals surface area contributed by atoms with Crippen LogP contribution in [0.15, 0.2) is 24.3 Å². The molecule has 1 unspecified atom stereocenters. The van der Waals surface area contributed by atoms with E-state index in [1.807, 2.05) is 43.1 Å². The molecule has 1 amide bonds. The molecule has 1 aliphatic rings. The lowest BCUT2D eigenvalue weighted by Crippen LogP contribution is -2.38. The number of hydrogen-bond acceptors (Lipinski definition) is 2. The molecule has 4 heteroatoms. The van der Waals surface area contributed by atoms with E-state index in [-0.39, 0.29) is 17.9 Å². The van der Waals surface area contributed by atoms with Crippen LogP contribution >= 0.6 is 11.6 Å². The van der Waals surface area contributed by atoms with Crippen LogP contribution in [-0.2, 0) is 4.79 Å². The number of amides is 1. The van der Waals surface area contributed by atoms with Crippen LogP contribution in [0.4, 0.5) is 0 Å². The van der Waals surface area contributed by atoms with Crippen LogP contribution in [-0.4, -0.2) is 24.4 Å². The lowest BCUT2D eigenvalue weighted by molar-refractivity contribution is -0.137. The fourth-order valence-corrected chi connectivity index (χ4v) is 3.29. The molecule has 2 N–H and O–H groups in total. The van der Waals surface area contributed by atoms with Crippen molar-refractivity contribution < 1.29 is 4.79 Å². The van der Waals surface area contributed by atoms with Gasteiger partial charge in [-0.05, 0) is 49.9 Å². The zero-order valence-corrected chi connectivity index (χ0v) is 12.9. The molecule has 0 radical (unpaired) electrons. The predicted molar refractivity (Wildman–Crippen MR) is 82.5 cm³/mol. The monoisotopic (exact) mass is 294 g/mol. The van der Waals surface area contributed by atoms with Crippen molar-refractivity contribution >= 4 is 17.5 Å². The van der Waals surface area contributed by atoms with Crippen molar-refractivity contribution in [2.45, 2.75) is 32.2 Å². The summed E-state index contributed by atoms with van der Waals surface area (Å²) in [7, 11) is 1.87. The first kappa shape index (κ1) is 15.3. The summed E-state index contributed by atoms with van der Waals surface area (Å²) in [4.78, 5) is 14.5. The van der Waals surface area contributed by atoms with Crippen LogP contribution in [0.2, 0.25) is 5.02 Å². The van der Waals surface area contributed by atoms with E-state index in [2.05, 4.69) is 0 Å². The third-order valence-corrected chi connectivity index (χ3v) is 4.77. The summed E-state index contributed by atoms with van der Waals surface area (Å²) in [6.45, 7) is 2.64. The lowest BCUT2D eigenvalue weighted by atomic mass is 9.94. The fraction of sp³-hybridized carbons (Fsp3) is 0.562. The Labute approximate surface area is 126 Å². The largest absolute Gasteiger partial charge is 0.339 e. The van der Waals surface area contributed by atoms with Gasteiger partial charge in [-0.1, -0.05) is 30.2 Å². The second-order valence-electron chi connectivity index (χ2n) is 5.71. The van der Waals surface area contributed by atoms with Gasteiger partial charge in [-0.25, -0.2) is 0 Å². The molecular formula is C16H23ClN2O. The van der Waals surface area contributed by atoms with Crippen molar-refractivity contribution in [1.82, 2.24) is 4.90 Å². The molecule has 0 saturated heterocycles. The van der Waals surface area contributed by atoms with Crippen LogP contribution in [0.25, 0.3) is 0 Å². The molecule has 0 bridgehead atoms. The lowest BCUT2D eigenvalue weighted by Gasteiger charge is -2.30. The van der Waals surface area contributed by atoms with Gasteiger partial charge in [-0.3, -0.25) is 4.79 Å². The molecule has 20 heavy (non-hydrogen) atoms. The number of carbonyl (C=O) groups is 1. The third-order valence-electron chi connectivity index (χ3n) is 4.54. The van der Waals surface area contributed by atoms with E-state index in [4.69, 9.17) is 17.3 Å². The highest BCUT2D eigenvalue weighted by atomic mass is 35.5. The zero-order valence-electron chi connectivity index (χ0n) is 12.2. The van der Waals surface area contributed by atoms with Crippen LogP contribution in [0.5, 0.6) is 0 Å². The molecule has 1 aromatic rings. The van der Waals surface area contributed by atoms with E-state index >= 15 is 0 Å². The molecule has 0 heterocycles. The smallest absolute Gasteiger partial charge is 0.226 e. The Morgan fingerprint density at radius 3 is 2.90 bits per heavy atom. The van der Waals surface area contributed by atoms with Gasteiger partial charge in [0.25, 0.3) is 0 Å². The van der Waals surface area contributed by atoms with Gasteiger partial charge in [-0.15, -0.1) is 0 Å². The maximum atomic E-state index is 12.7. The first-order chi connectivity index (χ1) is 9.54. The number of benzene rings is 1. The quantitative estimate of drug-likeness (QED) is 0.926. The van der Waals surface area contributed by atoms with Gasteiger partial charge in [0.15, 0.2) is 0 Å². The van der Waals surface area contributed by atoms with Crippen LogP contribution in [0.3, 0.4) is 0 Å². The Morgan fingerprint density at radius 1 is 1.50 bits per heavy atom. The van der Waals surface area contributed by atoms with Crippen LogP contribution in [0.1, 0.15) is 37.8 Å². The summed E-state index contributed by atoms with van der Waals surface area (Å²) in [5.74, 6) is 0.647. The minimum absolute atomic E-state index is 0.0280. The molecule has 110 valence electrons. The SMILES string of the molecule is CC(c1cccc(Cl)c1)N(C)C(=O)[C@@H]1CCC[C@@H]1CN. The average molecular weight is 295 g/mol. The van der Waals surface area contributed by atoms with Gasteiger partial charge in [0, 0.05) is 18.0 Å². The van der Waals surface area contributed by atoms with E-state index in [0.717, 1.165) is 24.8 Å². The molecule has 0 spiro atoms. The number of nitrogens with zero attached hydrogens (tertiary/aromatic N) is 1. The molecule has 3 atom stereocenters. The number of carbonyl (C=O) groups excluding carboxylic acids is 1. The Bertz CT molecular complexity index is 477. The summed E-state index contributed by atoms with van der Waals surface area (Å²) >= 11 is 6.03. The third kappa shape index (κ3) is 3.15. The maximum Gasteiger partial charge on any atom is 0.226 e. The number of hydrogen-bond donors (Lipinski definition) is 1. The minimum Gasteiger partial charge on any atom is -0.339 e. The number of rotatable bonds is 4. The Morgan fingerprint density at radius 2 is 2.25 bits per heavy atom. The summed E-state index contributed by atoms with van der Waals surface area (Å²) in [6.07, 6.45) is 3.15. The van der Waals surface area contributed by atoms with Crippen molar-refractivity contribution in [3.05, 3.63) is 34.9 Å². The Balaban J connectivity index is 2.10. The first-order valence-electron chi connectivity index (χ1n) is 7.26. The summed E-state index contributed by atoms with van der Waals surface area (Å²) in [5, 5.41) is 0.705. The molecular weight excluding hydrogens is 272 g/mol. The standard InChI is InChI=1S/C16H23ClN2O/c1-11(12-5-3-7-14(17)9-12)19(2)16(20)15-8-4-6-13(15)10-18/h3,5,7,9,11,13,15H,4,6,8,10,18H2,1-2H3/t11?,13-,15-/m1/s1. The summed E-state index contributed by atoms with van der Waals surface area (Å²) in [6, 6.07) is 7.73. The van der Waals surface area contributed by atoms with Gasteiger partial charge in [0.2, 0.25) is 5.91 Å². The van der Waals surface area contributed by atoms with Crippen LogP contribution < -0.4 is 5.73 Å². The van der Waals surface area contributed by atoms with Crippen molar-refractivity contribution in [1.29, 1.82) is 0 Å². The Kier molecular flexibility index (Phi) is 5.06. The molecule has 0 aromatic heterocycles. The first-order valence-corrected chi connectivity index (χ1v) is 7.64. The van der Waals surface area contributed by atoms with Crippen molar-refractivity contribution in [3.63, 3.8) is 0 Å². The maximum absolute atomic E-state index is 12.7. The normalized spacial score (nSPS) is 23.6. The highest BCUT2D eigenvalue weighted by Gasteiger charge is 2.34. The second-order valence-corrected chi connectivity index (χ2v) is 6.15. The molecule has 2 rings (SSSR count). The average Bonchev–Trinajstić information content (AvgIpc) is 2.93. The van der Waals surface area contributed by atoms with Crippen molar-refractivity contribution in [3.8, 4) is 0 Å². The van der Waals surface area contributed by atoms with Gasteiger partial charge >= 0.3 is 0 Å². The fourth-order valence-electron chi connectivity index (χ4n) is 3.09. The van der Waals surface area contributed by atoms with E-state index in [9.17, 15) is 4.79 Å². The zero-order chi connectivity index (χ0) is 14.7. The van der Waals surface area contributed by atoms with E-state index in [0.29, 0.717) is 17.5 Å². The van der Waals surface area contributed by atoms with Gasteiger partial charge in [-0.2, -0.15) is 0 Å². The summed E-state index contributed by atoms with van der Waals surface area (Å²) in [5.41, 5.74) is 6.85. The molecule has 1 aliphatic carbocycles. The minimum atomic E-state index is 0.0280. The molecule has 1 fully saturated rings. The van der Waals surface area contributed by atoms with E-state index < -0.39 is 0 Å². The highest BCUT2D eigenvalue weighted by molar-refractivity contribution is 6.30. The molecule has 3 nitrogen and oxygen atoms in total.